The Hall–Kier alpha value is -2.62. The molecule has 1 aromatic heterocycles. The molecule has 29 heavy (non-hydrogen) atoms. The second-order valence-corrected chi connectivity index (χ2v) is 7.60. The van der Waals surface area contributed by atoms with Crippen LogP contribution in [-0.4, -0.2) is 72.4 Å². The third-order valence-corrected chi connectivity index (χ3v) is 5.29. The number of amides is 2. The Morgan fingerprint density at radius 2 is 1.72 bits per heavy atom. The van der Waals surface area contributed by atoms with Gasteiger partial charge in [0.1, 0.15) is 5.82 Å². The molecule has 0 aliphatic carbocycles. The molecule has 7 nitrogen and oxygen atoms in total. The Balaban J connectivity index is 1.42. The fourth-order valence-corrected chi connectivity index (χ4v) is 3.73. The summed E-state index contributed by atoms with van der Waals surface area (Å²) in [5, 5.41) is 7.94. The normalized spacial score (nSPS) is 15.1. The Kier molecular flexibility index (Phi) is 7.45. The highest BCUT2D eigenvalue weighted by atomic mass is 32.1. The van der Waals surface area contributed by atoms with E-state index in [-0.39, 0.29) is 24.2 Å². The molecule has 0 unspecified atom stereocenters. The van der Waals surface area contributed by atoms with Crippen molar-refractivity contribution < 1.29 is 14.0 Å². The molecule has 154 valence electrons. The first-order valence-electron chi connectivity index (χ1n) is 9.37. The summed E-state index contributed by atoms with van der Waals surface area (Å²) in [6.07, 6.45) is 1.65. The van der Waals surface area contributed by atoms with Crippen LogP contribution in [0.1, 0.15) is 0 Å². The summed E-state index contributed by atoms with van der Waals surface area (Å²) >= 11 is 1.34. The highest BCUT2D eigenvalue weighted by Gasteiger charge is 2.20. The van der Waals surface area contributed by atoms with Gasteiger partial charge in [-0.2, -0.15) is 0 Å². The van der Waals surface area contributed by atoms with Crippen molar-refractivity contribution in [1.29, 1.82) is 0 Å². The molecule has 0 atom stereocenters. The van der Waals surface area contributed by atoms with E-state index in [2.05, 4.69) is 32.0 Å². The fraction of sp³-hybridized carbons (Fsp3) is 0.350. The van der Waals surface area contributed by atoms with Gasteiger partial charge in [-0.1, -0.05) is 6.08 Å². The molecule has 0 spiro atoms. The summed E-state index contributed by atoms with van der Waals surface area (Å²) in [5.41, 5.74) is 1.50. The molecule has 2 N–H and O–H groups in total. The molecule has 0 radical (unpaired) electrons. The average Bonchev–Trinajstić information content (AvgIpc) is 3.16. The van der Waals surface area contributed by atoms with E-state index in [1.807, 2.05) is 5.38 Å². The molecule has 0 saturated carbocycles. The minimum Gasteiger partial charge on any atom is -0.352 e. The first-order valence-corrected chi connectivity index (χ1v) is 10.2. The molecule has 0 bridgehead atoms. The zero-order chi connectivity index (χ0) is 20.6. The maximum absolute atomic E-state index is 13.0. The molecule has 1 saturated heterocycles. The van der Waals surface area contributed by atoms with Crippen molar-refractivity contribution in [3.05, 3.63) is 48.1 Å². The second kappa shape index (κ2) is 10.2. The predicted molar refractivity (Wildman–Crippen MR) is 112 cm³/mol. The van der Waals surface area contributed by atoms with Crippen LogP contribution in [0, 0.1) is 5.82 Å². The topological polar surface area (TPSA) is 77.6 Å². The van der Waals surface area contributed by atoms with Gasteiger partial charge < -0.3 is 10.6 Å². The smallest absolute Gasteiger partial charge is 0.240 e. The number of hydrogen-bond acceptors (Lipinski definition) is 6. The molecule has 2 aromatic rings. The lowest BCUT2D eigenvalue weighted by Crippen LogP contribution is -2.51. The van der Waals surface area contributed by atoms with Gasteiger partial charge in [-0.3, -0.25) is 19.4 Å². The van der Waals surface area contributed by atoms with Crippen molar-refractivity contribution in [1.82, 2.24) is 20.1 Å². The first kappa shape index (κ1) is 21.1. The largest absolute Gasteiger partial charge is 0.352 e. The van der Waals surface area contributed by atoms with E-state index < -0.39 is 0 Å². The highest BCUT2D eigenvalue weighted by molar-refractivity contribution is 7.14. The van der Waals surface area contributed by atoms with Crippen LogP contribution in [0.2, 0.25) is 0 Å². The average molecular weight is 418 g/mol. The number of nitrogens with one attached hydrogen (secondary N) is 2. The van der Waals surface area contributed by atoms with Gasteiger partial charge in [0.2, 0.25) is 11.8 Å². The number of hydrogen-bond donors (Lipinski definition) is 2. The predicted octanol–water partition coefficient (Wildman–Crippen LogP) is 1.81. The fourth-order valence-electron chi connectivity index (χ4n) is 3.00. The van der Waals surface area contributed by atoms with E-state index in [0.717, 1.165) is 31.7 Å². The van der Waals surface area contributed by atoms with E-state index in [1.165, 1.54) is 23.5 Å². The van der Waals surface area contributed by atoms with Crippen molar-refractivity contribution in [3.8, 4) is 11.3 Å². The molecular formula is C20H24FN5O2S. The Morgan fingerprint density at radius 3 is 2.34 bits per heavy atom. The summed E-state index contributed by atoms with van der Waals surface area (Å²) < 4.78 is 13.0. The van der Waals surface area contributed by atoms with Crippen molar-refractivity contribution in [2.45, 2.75) is 0 Å². The van der Waals surface area contributed by atoms with Gasteiger partial charge in [-0.15, -0.1) is 17.9 Å². The maximum Gasteiger partial charge on any atom is 0.240 e. The summed E-state index contributed by atoms with van der Waals surface area (Å²) in [7, 11) is 0. The number of aromatic nitrogens is 1. The quantitative estimate of drug-likeness (QED) is 0.641. The van der Waals surface area contributed by atoms with Crippen LogP contribution in [-0.2, 0) is 9.59 Å². The van der Waals surface area contributed by atoms with Crippen LogP contribution in [0.3, 0.4) is 0 Å². The standard InChI is InChI=1S/C20H24FN5O2S/c1-2-7-22-18(27)12-25-8-10-26(11-9-25)13-19(28)24-20-23-17(14-29-20)15-3-5-16(21)6-4-15/h2-6,14H,1,7-13H2,(H,22,27)(H,23,24,28). The van der Waals surface area contributed by atoms with Crippen molar-refractivity contribution in [2.24, 2.45) is 0 Å². The zero-order valence-corrected chi connectivity index (χ0v) is 16.9. The van der Waals surface area contributed by atoms with Crippen LogP contribution < -0.4 is 10.6 Å². The molecule has 1 fully saturated rings. The van der Waals surface area contributed by atoms with Gasteiger partial charge in [-0.25, -0.2) is 9.37 Å². The number of thiazole rings is 1. The number of benzene rings is 1. The number of piperazine rings is 1. The molecule has 1 aromatic carbocycles. The molecule has 3 rings (SSSR count). The van der Waals surface area contributed by atoms with Crippen LogP contribution in [0.15, 0.2) is 42.3 Å². The summed E-state index contributed by atoms with van der Waals surface area (Å²) in [6, 6.07) is 6.09. The molecule has 1 aliphatic heterocycles. The minimum absolute atomic E-state index is 0.0168. The van der Waals surface area contributed by atoms with Crippen molar-refractivity contribution >= 4 is 28.3 Å². The lowest BCUT2D eigenvalue weighted by Gasteiger charge is -2.33. The Morgan fingerprint density at radius 1 is 1.10 bits per heavy atom. The van der Waals surface area contributed by atoms with E-state index in [0.29, 0.717) is 23.9 Å². The number of carbonyl (C=O) groups excluding carboxylic acids is 2. The highest BCUT2D eigenvalue weighted by Crippen LogP contribution is 2.25. The molecule has 1 aliphatic rings. The number of carbonyl (C=O) groups is 2. The van der Waals surface area contributed by atoms with Crippen molar-refractivity contribution in [3.63, 3.8) is 0 Å². The summed E-state index contributed by atoms with van der Waals surface area (Å²) in [5.74, 6) is -0.436. The minimum atomic E-state index is -0.296. The summed E-state index contributed by atoms with van der Waals surface area (Å²) in [6.45, 7) is 7.61. The van der Waals surface area contributed by atoms with Gasteiger partial charge in [0.25, 0.3) is 0 Å². The zero-order valence-electron chi connectivity index (χ0n) is 16.1. The molecular weight excluding hydrogens is 393 g/mol. The summed E-state index contributed by atoms with van der Waals surface area (Å²) in [4.78, 5) is 32.6. The number of anilines is 1. The van der Waals surface area contributed by atoms with E-state index in [1.54, 1.807) is 18.2 Å². The van der Waals surface area contributed by atoms with Crippen molar-refractivity contribution in [2.75, 3.05) is 51.1 Å². The third-order valence-electron chi connectivity index (χ3n) is 4.53. The lowest BCUT2D eigenvalue weighted by molar-refractivity contribution is -0.123. The van der Waals surface area contributed by atoms with E-state index in [9.17, 15) is 14.0 Å². The molecule has 9 heteroatoms. The van der Waals surface area contributed by atoms with E-state index in [4.69, 9.17) is 0 Å². The number of halogens is 1. The van der Waals surface area contributed by atoms with Crippen LogP contribution in [0.5, 0.6) is 0 Å². The number of nitrogens with zero attached hydrogens (tertiary/aromatic N) is 3. The van der Waals surface area contributed by atoms with Gasteiger partial charge in [0.15, 0.2) is 5.13 Å². The van der Waals surface area contributed by atoms with Crippen LogP contribution >= 0.6 is 11.3 Å². The van der Waals surface area contributed by atoms with Crippen LogP contribution in [0.25, 0.3) is 11.3 Å². The number of rotatable bonds is 8. The Labute approximate surface area is 173 Å². The maximum atomic E-state index is 13.0. The van der Waals surface area contributed by atoms with E-state index >= 15 is 0 Å². The van der Waals surface area contributed by atoms with Gasteiger partial charge in [-0.05, 0) is 24.3 Å². The van der Waals surface area contributed by atoms with Gasteiger partial charge in [0, 0.05) is 43.7 Å². The third kappa shape index (κ3) is 6.45. The molecule has 2 amide bonds. The second-order valence-electron chi connectivity index (χ2n) is 6.74. The van der Waals surface area contributed by atoms with Gasteiger partial charge in [0.05, 0.1) is 18.8 Å². The molecule has 2 heterocycles. The first-order chi connectivity index (χ1) is 14.0. The van der Waals surface area contributed by atoms with Crippen LogP contribution in [0.4, 0.5) is 9.52 Å². The SMILES string of the molecule is C=CCNC(=O)CN1CCN(CC(=O)Nc2nc(-c3ccc(F)cc3)cs2)CC1. The lowest BCUT2D eigenvalue weighted by atomic mass is 10.2. The van der Waals surface area contributed by atoms with Gasteiger partial charge >= 0.3 is 0 Å². The Bertz CT molecular complexity index is 847. The monoisotopic (exact) mass is 417 g/mol.